The molecular weight excluding hydrogens is 212 g/mol. The molecule has 0 aromatic heterocycles. The molecule has 0 aromatic rings. The smallest absolute Gasteiger partial charge is 0.309 e. The second-order valence-corrected chi connectivity index (χ2v) is 6.34. The number of fused-ring (bicyclic) bond motifs is 3. The summed E-state index contributed by atoms with van der Waals surface area (Å²) in [6.07, 6.45) is 7.28. The molecule has 3 aliphatic rings. The van der Waals surface area contributed by atoms with E-state index >= 15 is 0 Å². The van der Waals surface area contributed by atoms with Crippen LogP contribution >= 0.6 is 0 Å². The molecule has 5 atom stereocenters. The van der Waals surface area contributed by atoms with E-state index in [-0.39, 0.29) is 23.4 Å². The maximum atomic E-state index is 11.8. The van der Waals surface area contributed by atoms with Crippen molar-refractivity contribution in [2.45, 2.75) is 52.6 Å². The van der Waals surface area contributed by atoms with E-state index in [1.165, 1.54) is 19.3 Å². The third-order valence-electron chi connectivity index (χ3n) is 5.69. The van der Waals surface area contributed by atoms with Gasteiger partial charge in [0.2, 0.25) is 0 Å². The van der Waals surface area contributed by atoms with Crippen molar-refractivity contribution in [3.05, 3.63) is 11.6 Å². The lowest BCUT2D eigenvalue weighted by Gasteiger charge is -2.49. The molecule has 3 rings (SSSR count). The second-order valence-electron chi connectivity index (χ2n) is 6.34. The highest BCUT2D eigenvalue weighted by molar-refractivity contribution is 5.75. The van der Waals surface area contributed by atoms with Crippen molar-refractivity contribution in [1.29, 1.82) is 0 Å². The molecule has 0 bridgehead atoms. The Labute approximate surface area is 103 Å². The highest BCUT2D eigenvalue weighted by Crippen LogP contribution is 2.56. The highest BCUT2D eigenvalue weighted by Gasteiger charge is 2.57. The fourth-order valence-corrected chi connectivity index (χ4v) is 4.23. The Kier molecular flexibility index (Phi) is 2.39. The minimum atomic E-state index is 0.0280. The summed E-state index contributed by atoms with van der Waals surface area (Å²) in [4.78, 5) is 11.8. The average Bonchev–Trinajstić information content (AvgIpc) is 2.59. The molecule has 1 aliphatic heterocycles. The van der Waals surface area contributed by atoms with Crippen LogP contribution in [-0.4, -0.2) is 12.1 Å². The highest BCUT2D eigenvalue weighted by atomic mass is 16.6. The molecule has 17 heavy (non-hydrogen) atoms. The lowest BCUT2D eigenvalue weighted by Crippen LogP contribution is -2.48. The van der Waals surface area contributed by atoms with Crippen molar-refractivity contribution in [2.75, 3.05) is 0 Å². The van der Waals surface area contributed by atoms with E-state index in [0.717, 1.165) is 6.42 Å². The standard InChI is InChI=1S/C15H22O2/c1-9-5-4-6-11-7-8-12-10(2)14(16)17-13(12)15(9,11)3/h6,9-10,12-13H,4-5,7-8H2,1-3H3/t9-,10-,12+,13-,15-/m0/s1. The predicted molar refractivity (Wildman–Crippen MR) is 66.4 cm³/mol. The number of rotatable bonds is 0. The summed E-state index contributed by atoms with van der Waals surface area (Å²) < 4.78 is 5.74. The summed E-state index contributed by atoms with van der Waals surface area (Å²) in [5, 5.41) is 0. The van der Waals surface area contributed by atoms with Crippen LogP contribution in [0.3, 0.4) is 0 Å². The molecule has 0 aromatic carbocycles. The van der Waals surface area contributed by atoms with Crippen molar-refractivity contribution in [2.24, 2.45) is 23.2 Å². The molecule has 0 amide bonds. The van der Waals surface area contributed by atoms with Gasteiger partial charge in [-0.15, -0.1) is 0 Å². The van der Waals surface area contributed by atoms with Crippen LogP contribution in [0.15, 0.2) is 11.6 Å². The van der Waals surface area contributed by atoms with Gasteiger partial charge in [-0.3, -0.25) is 4.79 Å². The number of carbonyl (C=O) groups is 1. The van der Waals surface area contributed by atoms with Crippen molar-refractivity contribution in [1.82, 2.24) is 0 Å². The van der Waals surface area contributed by atoms with Crippen LogP contribution in [-0.2, 0) is 9.53 Å². The fraction of sp³-hybridized carbons (Fsp3) is 0.800. The zero-order valence-electron chi connectivity index (χ0n) is 11.0. The largest absolute Gasteiger partial charge is 0.461 e. The van der Waals surface area contributed by atoms with Gasteiger partial charge in [0.05, 0.1) is 5.92 Å². The molecule has 1 heterocycles. The third-order valence-corrected chi connectivity index (χ3v) is 5.69. The van der Waals surface area contributed by atoms with Crippen molar-refractivity contribution in [3.63, 3.8) is 0 Å². The van der Waals surface area contributed by atoms with Gasteiger partial charge in [0.15, 0.2) is 0 Å². The van der Waals surface area contributed by atoms with Gasteiger partial charge in [-0.25, -0.2) is 0 Å². The molecule has 2 fully saturated rings. The molecule has 2 aliphatic carbocycles. The van der Waals surface area contributed by atoms with E-state index in [1.807, 2.05) is 6.92 Å². The number of hydrogen-bond acceptors (Lipinski definition) is 2. The van der Waals surface area contributed by atoms with Crippen LogP contribution in [0.5, 0.6) is 0 Å². The van der Waals surface area contributed by atoms with Crippen molar-refractivity contribution in [3.8, 4) is 0 Å². The van der Waals surface area contributed by atoms with Crippen LogP contribution in [0.4, 0.5) is 0 Å². The number of carbonyl (C=O) groups excluding carboxylic acids is 1. The van der Waals surface area contributed by atoms with E-state index < -0.39 is 0 Å². The number of ether oxygens (including phenoxy) is 1. The lowest BCUT2D eigenvalue weighted by atomic mass is 9.56. The monoisotopic (exact) mass is 234 g/mol. The van der Waals surface area contributed by atoms with Gasteiger partial charge in [-0.2, -0.15) is 0 Å². The normalized spacial score (nSPS) is 49.1. The van der Waals surface area contributed by atoms with Gasteiger partial charge in [-0.05, 0) is 31.6 Å². The fourth-order valence-electron chi connectivity index (χ4n) is 4.23. The van der Waals surface area contributed by atoms with E-state index in [2.05, 4.69) is 19.9 Å². The first-order valence-corrected chi connectivity index (χ1v) is 6.95. The summed E-state index contributed by atoms with van der Waals surface area (Å²) in [7, 11) is 0. The van der Waals surface area contributed by atoms with Crippen molar-refractivity contribution < 1.29 is 9.53 Å². The second kappa shape index (κ2) is 3.60. The minimum absolute atomic E-state index is 0.0280. The van der Waals surface area contributed by atoms with Gasteiger partial charge in [0, 0.05) is 11.3 Å². The van der Waals surface area contributed by atoms with Gasteiger partial charge < -0.3 is 4.74 Å². The Morgan fingerprint density at radius 3 is 2.88 bits per heavy atom. The summed E-state index contributed by atoms with van der Waals surface area (Å²) in [5.74, 6) is 1.21. The first-order chi connectivity index (χ1) is 8.05. The minimum Gasteiger partial charge on any atom is -0.461 e. The summed E-state index contributed by atoms with van der Waals surface area (Å²) >= 11 is 0. The number of allylic oxidation sites excluding steroid dienone is 1. The Morgan fingerprint density at radius 2 is 2.12 bits per heavy atom. The molecule has 1 saturated heterocycles. The number of hydrogen-bond donors (Lipinski definition) is 0. The molecule has 0 N–H and O–H groups in total. The van der Waals surface area contributed by atoms with Crippen LogP contribution < -0.4 is 0 Å². The average molecular weight is 234 g/mol. The summed E-state index contributed by atoms with van der Waals surface area (Å²) in [6.45, 7) is 6.69. The third kappa shape index (κ3) is 1.36. The van der Waals surface area contributed by atoms with Gasteiger partial charge in [-0.1, -0.05) is 32.4 Å². The number of esters is 1. The Hall–Kier alpha value is -0.790. The van der Waals surface area contributed by atoms with Crippen LogP contribution in [0.25, 0.3) is 0 Å². The SMILES string of the molecule is C[C@@H]1C(=O)O[C@H]2[C@@H]1CCC1=CCC[C@H](C)[C@@]12C. The Bertz CT molecular complexity index is 384. The van der Waals surface area contributed by atoms with E-state index in [9.17, 15) is 4.79 Å². The molecule has 1 saturated carbocycles. The Balaban J connectivity index is 2.02. The van der Waals surface area contributed by atoms with Crippen molar-refractivity contribution >= 4 is 5.97 Å². The van der Waals surface area contributed by atoms with Crippen LogP contribution in [0, 0.1) is 23.2 Å². The van der Waals surface area contributed by atoms with E-state index in [4.69, 9.17) is 4.74 Å². The van der Waals surface area contributed by atoms with E-state index in [0.29, 0.717) is 11.8 Å². The zero-order valence-corrected chi connectivity index (χ0v) is 11.0. The predicted octanol–water partition coefficient (Wildman–Crippen LogP) is 3.32. The topological polar surface area (TPSA) is 26.3 Å². The Morgan fingerprint density at radius 1 is 1.35 bits per heavy atom. The maximum Gasteiger partial charge on any atom is 0.309 e. The zero-order chi connectivity index (χ0) is 12.2. The van der Waals surface area contributed by atoms with Crippen LogP contribution in [0.2, 0.25) is 0 Å². The van der Waals surface area contributed by atoms with E-state index in [1.54, 1.807) is 5.57 Å². The summed E-state index contributed by atoms with van der Waals surface area (Å²) in [5.41, 5.74) is 1.67. The van der Waals surface area contributed by atoms with Gasteiger partial charge in [0.1, 0.15) is 6.10 Å². The molecule has 2 nitrogen and oxygen atoms in total. The molecule has 2 heteroatoms. The molecular formula is C15H22O2. The van der Waals surface area contributed by atoms with Crippen LogP contribution in [0.1, 0.15) is 46.5 Å². The maximum absolute atomic E-state index is 11.8. The molecule has 0 unspecified atom stereocenters. The first-order valence-electron chi connectivity index (χ1n) is 6.95. The molecule has 0 radical (unpaired) electrons. The summed E-state index contributed by atoms with van der Waals surface area (Å²) in [6, 6.07) is 0. The quantitative estimate of drug-likeness (QED) is 0.475. The molecule has 94 valence electrons. The molecule has 0 spiro atoms. The van der Waals surface area contributed by atoms with Gasteiger partial charge in [0.25, 0.3) is 0 Å². The first kappa shape index (κ1) is 11.3. The van der Waals surface area contributed by atoms with Gasteiger partial charge >= 0.3 is 5.97 Å². The lowest BCUT2D eigenvalue weighted by molar-refractivity contribution is -0.149.